The molecule has 27 heavy (non-hydrogen) atoms. The van der Waals surface area contributed by atoms with Crippen molar-refractivity contribution in [2.45, 2.75) is 25.4 Å². The maximum absolute atomic E-state index is 12.3. The fraction of sp³-hybridized carbons (Fsp3) is 0.364. The molecule has 1 saturated heterocycles. The Labute approximate surface area is 160 Å². The van der Waals surface area contributed by atoms with E-state index in [4.69, 9.17) is 0 Å². The van der Waals surface area contributed by atoms with Crippen LogP contribution >= 0.6 is 0 Å². The van der Waals surface area contributed by atoms with Crippen LogP contribution in [0, 0.1) is 0 Å². The number of rotatable bonds is 6. The molecule has 2 aliphatic rings. The van der Waals surface area contributed by atoms with Crippen molar-refractivity contribution >= 4 is 17.8 Å². The number of anilines is 1. The van der Waals surface area contributed by atoms with Crippen LogP contribution in [0.1, 0.15) is 34.3 Å². The number of amides is 1. The van der Waals surface area contributed by atoms with E-state index in [2.05, 4.69) is 50.9 Å². The number of hydrogen-bond acceptors (Lipinski definition) is 4. The summed E-state index contributed by atoms with van der Waals surface area (Å²) in [7, 11) is 0. The minimum Gasteiger partial charge on any atom is -0.354 e. The topological polar surface area (TPSA) is 48.5 Å². The molecule has 2 aromatic rings. The van der Waals surface area contributed by atoms with Gasteiger partial charge in [0.25, 0.3) is 5.91 Å². The van der Waals surface area contributed by atoms with Crippen LogP contribution in [-0.4, -0.2) is 48.0 Å². The lowest BCUT2D eigenvalue weighted by Crippen LogP contribution is -2.46. The largest absolute Gasteiger partial charge is 0.354 e. The molecular weight excluding hydrogens is 336 g/mol. The first-order valence-corrected chi connectivity index (χ1v) is 9.67. The summed E-state index contributed by atoms with van der Waals surface area (Å²) in [5, 5.41) is 3.04. The van der Waals surface area contributed by atoms with Gasteiger partial charge in [-0.15, -0.1) is 0 Å². The molecule has 0 atom stereocenters. The summed E-state index contributed by atoms with van der Waals surface area (Å²) in [6.07, 6.45) is 5.83. The number of nitrogens with one attached hydrogen (secondary N) is 1. The number of carbonyl (C=O) groups excluding carboxylic acids is 1. The number of nitrogens with zero attached hydrogens (tertiary/aromatic N) is 3. The Balaban J connectivity index is 1.34. The normalized spacial score (nSPS) is 17.6. The smallest absolute Gasteiger partial charge is 0.251 e. The van der Waals surface area contributed by atoms with Crippen LogP contribution in [-0.2, 0) is 6.54 Å². The van der Waals surface area contributed by atoms with E-state index in [9.17, 15) is 4.79 Å². The van der Waals surface area contributed by atoms with Gasteiger partial charge in [0.15, 0.2) is 0 Å². The lowest BCUT2D eigenvalue weighted by molar-refractivity contribution is 0.0951. The van der Waals surface area contributed by atoms with Gasteiger partial charge in [-0.05, 0) is 36.1 Å². The third kappa shape index (κ3) is 4.55. The van der Waals surface area contributed by atoms with Crippen LogP contribution in [0.4, 0.5) is 5.82 Å². The van der Waals surface area contributed by atoms with Gasteiger partial charge in [0.05, 0.1) is 0 Å². The molecule has 1 N–H and O–H groups in total. The molecule has 0 radical (unpaired) electrons. The molecule has 1 aromatic heterocycles. The van der Waals surface area contributed by atoms with Gasteiger partial charge in [-0.3, -0.25) is 9.69 Å². The Morgan fingerprint density at radius 2 is 2.00 bits per heavy atom. The maximum Gasteiger partial charge on any atom is 0.251 e. The predicted molar refractivity (Wildman–Crippen MR) is 109 cm³/mol. The average Bonchev–Trinajstić information content (AvgIpc) is 3.53. The molecule has 5 nitrogen and oxygen atoms in total. The molecule has 1 aromatic carbocycles. The Hall–Kier alpha value is -2.66. The van der Waals surface area contributed by atoms with Crippen molar-refractivity contribution < 1.29 is 4.79 Å². The number of carbonyl (C=O) groups is 1. The third-order valence-corrected chi connectivity index (χ3v) is 5.21. The van der Waals surface area contributed by atoms with Crippen LogP contribution in [0.25, 0.3) is 6.08 Å². The maximum atomic E-state index is 12.3. The van der Waals surface area contributed by atoms with Crippen molar-refractivity contribution in [3.63, 3.8) is 0 Å². The standard InChI is InChI=1S/C22H26N4O/c1-2-17-4-3-5-18(14-17)16-25-10-12-26(13-11-25)21-15-19(8-9-23-21)22(27)24-20-6-7-20/h2-5,8-9,14-15,20H,1,6-7,10-13,16H2,(H,24,27). The number of aromatic nitrogens is 1. The van der Waals surface area contributed by atoms with Gasteiger partial charge < -0.3 is 10.2 Å². The molecule has 1 aliphatic carbocycles. The minimum atomic E-state index is 0.0156. The van der Waals surface area contributed by atoms with E-state index >= 15 is 0 Å². The number of pyridine rings is 1. The Bertz CT molecular complexity index is 823. The first-order valence-electron chi connectivity index (χ1n) is 9.67. The minimum absolute atomic E-state index is 0.0156. The monoisotopic (exact) mass is 362 g/mol. The highest BCUT2D eigenvalue weighted by Crippen LogP contribution is 2.21. The van der Waals surface area contributed by atoms with Crippen molar-refractivity contribution in [2.24, 2.45) is 0 Å². The van der Waals surface area contributed by atoms with Gasteiger partial charge in [-0.2, -0.15) is 0 Å². The van der Waals surface area contributed by atoms with Crippen molar-refractivity contribution in [1.82, 2.24) is 15.2 Å². The molecule has 0 bridgehead atoms. The second-order valence-electron chi connectivity index (χ2n) is 7.36. The van der Waals surface area contributed by atoms with Gasteiger partial charge in [-0.1, -0.05) is 36.9 Å². The molecule has 1 amide bonds. The van der Waals surface area contributed by atoms with E-state index in [1.807, 2.05) is 12.1 Å². The van der Waals surface area contributed by atoms with E-state index in [1.54, 1.807) is 12.3 Å². The molecule has 5 heteroatoms. The van der Waals surface area contributed by atoms with Crippen LogP contribution in [0.5, 0.6) is 0 Å². The zero-order valence-corrected chi connectivity index (χ0v) is 15.6. The summed E-state index contributed by atoms with van der Waals surface area (Å²) < 4.78 is 0. The summed E-state index contributed by atoms with van der Waals surface area (Å²) in [5.74, 6) is 0.911. The zero-order chi connectivity index (χ0) is 18.6. The SMILES string of the molecule is C=Cc1cccc(CN2CCN(c3cc(C(=O)NC4CC4)ccn3)CC2)c1. The van der Waals surface area contributed by atoms with Crippen LogP contribution in [0.15, 0.2) is 49.2 Å². The summed E-state index contributed by atoms with van der Waals surface area (Å²) >= 11 is 0. The van der Waals surface area contributed by atoms with Crippen LogP contribution < -0.4 is 10.2 Å². The average molecular weight is 362 g/mol. The van der Waals surface area contributed by atoms with Crippen molar-refractivity contribution in [1.29, 1.82) is 0 Å². The summed E-state index contributed by atoms with van der Waals surface area (Å²) in [5.41, 5.74) is 3.19. The van der Waals surface area contributed by atoms with E-state index in [0.717, 1.165) is 56.9 Å². The van der Waals surface area contributed by atoms with E-state index in [0.29, 0.717) is 11.6 Å². The first-order chi connectivity index (χ1) is 13.2. The second kappa shape index (κ2) is 7.92. The highest BCUT2D eigenvalue weighted by atomic mass is 16.1. The van der Waals surface area contributed by atoms with Crippen LogP contribution in [0.2, 0.25) is 0 Å². The lowest BCUT2D eigenvalue weighted by Gasteiger charge is -2.35. The van der Waals surface area contributed by atoms with Gasteiger partial charge in [-0.25, -0.2) is 4.98 Å². The molecular formula is C22H26N4O. The number of piperazine rings is 1. The molecule has 2 fully saturated rings. The summed E-state index contributed by atoms with van der Waals surface area (Å²) in [6, 6.07) is 12.6. The lowest BCUT2D eigenvalue weighted by atomic mass is 10.1. The molecule has 2 heterocycles. The highest BCUT2D eigenvalue weighted by molar-refractivity contribution is 5.95. The Morgan fingerprint density at radius 3 is 2.74 bits per heavy atom. The van der Waals surface area contributed by atoms with Gasteiger partial charge in [0, 0.05) is 50.5 Å². The molecule has 1 aliphatic heterocycles. The molecule has 0 unspecified atom stereocenters. The number of benzene rings is 1. The van der Waals surface area contributed by atoms with Crippen molar-refractivity contribution in [3.8, 4) is 0 Å². The molecule has 4 rings (SSSR count). The van der Waals surface area contributed by atoms with Crippen molar-refractivity contribution in [3.05, 3.63) is 65.9 Å². The first kappa shape index (κ1) is 17.7. The summed E-state index contributed by atoms with van der Waals surface area (Å²) in [6.45, 7) is 8.60. The number of hydrogen-bond donors (Lipinski definition) is 1. The van der Waals surface area contributed by atoms with E-state index in [-0.39, 0.29) is 5.91 Å². The predicted octanol–water partition coefficient (Wildman–Crippen LogP) is 2.94. The second-order valence-corrected chi connectivity index (χ2v) is 7.36. The highest BCUT2D eigenvalue weighted by Gasteiger charge is 2.24. The quantitative estimate of drug-likeness (QED) is 0.858. The van der Waals surface area contributed by atoms with Crippen molar-refractivity contribution in [2.75, 3.05) is 31.1 Å². The molecule has 0 spiro atoms. The zero-order valence-electron chi connectivity index (χ0n) is 15.6. The third-order valence-electron chi connectivity index (χ3n) is 5.21. The van der Waals surface area contributed by atoms with Gasteiger partial charge in [0.2, 0.25) is 0 Å². The van der Waals surface area contributed by atoms with Gasteiger partial charge >= 0.3 is 0 Å². The Kier molecular flexibility index (Phi) is 5.21. The van der Waals surface area contributed by atoms with E-state index < -0.39 is 0 Å². The fourth-order valence-electron chi connectivity index (χ4n) is 3.44. The van der Waals surface area contributed by atoms with E-state index in [1.165, 1.54) is 5.56 Å². The Morgan fingerprint density at radius 1 is 1.19 bits per heavy atom. The molecule has 140 valence electrons. The summed E-state index contributed by atoms with van der Waals surface area (Å²) in [4.78, 5) is 21.5. The van der Waals surface area contributed by atoms with Crippen LogP contribution in [0.3, 0.4) is 0 Å². The molecule has 1 saturated carbocycles. The van der Waals surface area contributed by atoms with Gasteiger partial charge in [0.1, 0.15) is 5.82 Å². The fourth-order valence-corrected chi connectivity index (χ4v) is 3.44.